The normalized spacial score (nSPS) is 22.3. The van der Waals surface area contributed by atoms with E-state index in [9.17, 15) is 32.3 Å². The Bertz CT molecular complexity index is 1690. The van der Waals surface area contributed by atoms with E-state index in [0.717, 1.165) is 5.56 Å². The third-order valence-corrected chi connectivity index (χ3v) is 9.68. The summed E-state index contributed by atoms with van der Waals surface area (Å²) in [5.41, 5.74) is -3.89. The van der Waals surface area contributed by atoms with E-state index in [2.05, 4.69) is 15.6 Å². The smallest absolute Gasteiger partial charge is 0.427 e. The zero-order valence-corrected chi connectivity index (χ0v) is 31.3. The van der Waals surface area contributed by atoms with E-state index in [1.165, 1.54) is 12.0 Å². The van der Waals surface area contributed by atoms with Gasteiger partial charge in [-0.3, -0.25) is 9.59 Å². The highest BCUT2D eigenvalue weighted by molar-refractivity contribution is 5.96. The van der Waals surface area contributed by atoms with Crippen molar-refractivity contribution in [3.63, 3.8) is 0 Å². The molecule has 13 nitrogen and oxygen atoms in total. The quantitative estimate of drug-likeness (QED) is 0.277. The zero-order chi connectivity index (χ0) is 39.0. The fraction of sp³-hybridized carbons (Fsp3) is 0.639. The topological polar surface area (TPSA) is 155 Å². The number of nitrogens with zero attached hydrogens (tertiary/aromatic N) is 2. The van der Waals surface area contributed by atoms with Gasteiger partial charge >= 0.3 is 18.2 Å². The van der Waals surface area contributed by atoms with E-state index >= 15 is 0 Å². The van der Waals surface area contributed by atoms with Gasteiger partial charge in [0.25, 0.3) is 0 Å². The number of methoxy groups -OCH3 is 2. The molecule has 5 unspecified atom stereocenters. The first-order chi connectivity index (χ1) is 24.1. The van der Waals surface area contributed by atoms with Gasteiger partial charge in [-0.2, -0.15) is 13.2 Å². The highest BCUT2D eigenvalue weighted by atomic mass is 19.4. The van der Waals surface area contributed by atoms with Gasteiger partial charge < -0.3 is 39.2 Å². The van der Waals surface area contributed by atoms with E-state index < -0.39 is 64.8 Å². The molecule has 5 atom stereocenters. The Kier molecular flexibility index (Phi) is 11.5. The molecule has 1 aliphatic carbocycles. The van der Waals surface area contributed by atoms with Crippen molar-refractivity contribution in [1.82, 2.24) is 20.5 Å². The maximum Gasteiger partial charge on any atom is 0.427 e. The molecule has 16 heteroatoms. The lowest BCUT2D eigenvalue weighted by Gasteiger charge is -2.36. The van der Waals surface area contributed by atoms with Gasteiger partial charge in [-0.25, -0.2) is 14.6 Å². The Morgan fingerprint density at radius 3 is 2.27 bits per heavy atom. The number of amides is 3. The van der Waals surface area contributed by atoms with Crippen LogP contribution < -0.4 is 24.8 Å². The molecule has 52 heavy (non-hydrogen) atoms. The van der Waals surface area contributed by atoms with E-state index in [-0.39, 0.29) is 24.8 Å². The van der Waals surface area contributed by atoms with Crippen molar-refractivity contribution in [2.75, 3.05) is 27.4 Å². The number of rotatable bonds is 12. The predicted molar refractivity (Wildman–Crippen MR) is 183 cm³/mol. The number of aryl methyl sites for hydroxylation is 1. The highest BCUT2D eigenvalue weighted by Gasteiger charge is 2.62. The summed E-state index contributed by atoms with van der Waals surface area (Å²) in [5, 5.41) is 5.76. The van der Waals surface area contributed by atoms with E-state index in [1.807, 2.05) is 13.8 Å². The van der Waals surface area contributed by atoms with Crippen LogP contribution in [0.2, 0.25) is 0 Å². The van der Waals surface area contributed by atoms with Gasteiger partial charge in [0, 0.05) is 23.4 Å². The van der Waals surface area contributed by atoms with Gasteiger partial charge in [-0.1, -0.05) is 34.1 Å². The number of pyridine rings is 1. The number of hydrogen-bond acceptors (Lipinski definition) is 10. The number of esters is 1. The van der Waals surface area contributed by atoms with Crippen LogP contribution in [0.4, 0.5) is 18.0 Å². The number of carbonyl (C=O) groups is 4. The monoisotopic (exact) mass is 738 g/mol. The number of ether oxygens (including phenoxy) is 5. The summed E-state index contributed by atoms with van der Waals surface area (Å²) in [6.45, 7) is 11.9. The predicted octanol–water partition coefficient (Wildman–Crippen LogP) is 5.24. The molecule has 1 saturated carbocycles. The molecule has 4 rings (SSSR count). The fourth-order valence-corrected chi connectivity index (χ4v) is 6.47. The van der Waals surface area contributed by atoms with Crippen molar-refractivity contribution in [2.45, 2.75) is 110 Å². The van der Waals surface area contributed by atoms with Crippen LogP contribution in [0.5, 0.6) is 17.4 Å². The molecule has 2 aliphatic rings. The van der Waals surface area contributed by atoms with Crippen molar-refractivity contribution >= 4 is 34.8 Å². The zero-order valence-electron chi connectivity index (χ0n) is 31.3. The standard InChI is InChI=1S/C36H49F3N4O9/c1-11-20-17-35(20,31(46)49-10)42-29(44)23-15-21(51-25-16-26(50-12-2)40-27-19(3)24(48-9)14-13-22(25)27)18-43(23)30(45)28(33(4,5)6)41-32(47)52-34(7,8)36(37,38)39/h13-14,16,20-21,23,28H,11-12,15,17-18H2,1-10H3,(H,41,47)(H,42,44). The minimum absolute atomic E-state index is 0.0308. The molecule has 0 spiro atoms. The Hall–Kier alpha value is -4.50. The number of hydrogen-bond donors (Lipinski definition) is 2. The summed E-state index contributed by atoms with van der Waals surface area (Å²) in [4.78, 5) is 60.1. The van der Waals surface area contributed by atoms with Crippen LogP contribution in [-0.2, 0) is 23.9 Å². The number of likely N-dealkylation sites (tertiary alicyclic amines) is 1. The minimum atomic E-state index is -4.88. The van der Waals surface area contributed by atoms with Crippen molar-refractivity contribution < 1.29 is 56.0 Å². The number of alkyl halides is 3. The Morgan fingerprint density at radius 1 is 1.06 bits per heavy atom. The van der Waals surface area contributed by atoms with Crippen LogP contribution in [-0.4, -0.2) is 96.6 Å². The Balaban J connectivity index is 1.72. The second-order valence-corrected chi connectivity index (χ2v) is 14.8. The molecular weight excluding hydrogens is 689 g/mol. The lowest BCUT2D eigenvalue weighted by Crippen LogP contribution is -2.60. The number of fused-ring (bicyclic) bond motifs is 1. The first kappa shape index (κ1) is 40.3. The van der Waals surface area contributed by atoms with Crippen molar-refractivity contribution in [2.24, 2.45) is 11.3 Å². The van der Waals surface area contributed by atoms with E-state index in [0.29, 0.717) is 55.7 Å². The molecule has 2 fully saturated rings. The lowest BCUT2D eigenvalue weighted by molar-refractivity contribution is -0.244. The van der Waals surface area contributed by atoms with Gasteiger partial charge in [0.15, 0.2) is 0 Å². The average Bonchev–Trinajstić information content (AvgIpc) is 3.60. The van der Waals surface area contributed by atoms with Crippen LogP contribution in [0.3, 0.4) is 0 Å². The van der Waals surface area contributed by atoms with E-state index in [4.69, 9.17) is 23.7 Å². The summed E-state index contributed by atoms with van der Waals surface area (Å²) in [6.07, 6.45) is -6.24. The molecule has 2 N–H and O–H groups in total. The number of benzene rings is 1. The molecule has 1 saturated heterocycles. The summed E-state index contributed by atoms with van der Waals surface area (Å²) < 4.78 is 68.1. The fourth-order valence-electron chi connectivity index (χ4n) is 6.47. The van der Waals surface area contributed by atoms with Gasteiger partial charge in [0.1, 0.15) is 35.2 Å². The molecular formula is C36H49F3N4O9. The number of carbonyl (C=O) groups excluding carboxylic acids is 4. The molecule has 3 amide bonds. The summed E-state index contributed by atoms with van der Waals surface area (Å²) in [6, 6.07) is 2.51. The van der Waals surface area contributed by atoms with Crippen LogP contribution in [0.25, 0.3) is 10.9 Å². The van der Waals surface area contributed by atoms with Crippen LogP contribution in [0.1, 0.15) is 73.3 Å². The van der Waals surface area contributed by atoms with Crippen molar-refractivity contribution in [1.29, 1.82) is 0 Å². The number of halogens is 3. The minimum Gasteiger partial charge on any atom is -0.496 e. The van der Waals surface area contributed by atoms with Crippen molar-refractivity contribution in [3.8, 4) is 17.4 Å². The Labute approximate surface area is 301 Å². The SMILES string of the molecule is CCOc1cc(OC2CC(C(=O)NC3(C(=O)OC)CC3CC)N(C(=O)C(NC(=O)OC(C)(C)C(F)(F)F)C(C)(C)C)C2)c2ccc(OC)c(C)c2n1. The van der Waals surface area contributed by atoms with Crippen LogP contribution in [0.15, 0.2) is 18.2 Å². The first-order valence-corrected chi connectivity index (χ1v) is 17.2. The van der Waals surface area contributed by atoms with Gasteiger partial charge in [-0.15, -0.1) is 0 Å². The summed E-state index contributed by atoms with van der Waals surface area (Å²) in [7, 11) is 2.76. The highest BCUT2D eigenvalue weighted by Crippen LogP contribution is 2.47. The summed E-state index contributed by atoms with van der Waals surface area (Å²) >= 11 is 0. The van der Waals surface area contributed by atoms with Gasteiger partial charge in [-0.05, 0) is 57.6 Å². The molecule has 0 bridgehead atoms. The van der Waals surface area contributed by atoms with Crippen LogP contribution >= 0.6 is 0 Å². The van der Waals surface area contributed by atoms with Gasteiger partial charge in [0.05, 0.1) is 32.9 Å². The lowest BCUT2D eigenvalue weighted by atomic mass is 9.85. The number of nitrogens with one attached hydrogen (secondary N) is 2. The van der Waals surface area contributed by atoms with Gasteiger partial charge in [0.2, 0.25) is 23.3 Å². The average molecular weight is 739 g/mol. The molecule has 0 radical (unpaired) electrons. The maximum atomic E-state index is 14.4. The molecule has 288 valence electrons. The first-order valence-electron chi connectivity index (χ1n) is 17.2. The maximum absolute atomic E-state index is 14.4. The number of aromatic nitrogens is 1. The number of alkyl carbamates (subject to hydrolysis) is 1. The third-order valence-electron chi connectivity index (χ3n) is 9.68. The molecule has 2 aromatic rings. The second-order valence-electron chi connectivity index (χ2n) is 14.8. The molecule has 1 aliphatic heterocycles. The van der Waals surface area contributed by atoms with E-state index in [1.54, 1.807) is 53.0 Å². The third kappa shape index (κ3) is 8.10. The van der Waals surface area contributed by atoms with Crippen molar-refractivity contribution in [3.05, 3.63) is 23.8 Å². The Morgan fingerprint density at radius 2 is 1.73 bits per heavy atom. The molecule has 1 aromatic heterocycles. The molecule has 2 heterocycles. The molecule has 1 aromatic carbocycles. The summed E-state index contributed by atoms with van der Waals surface area (Å²) in [5.74, 6) is -0.971. The largest absolute Gasteiger partial charge is 0.496 e. The van der Waals surface area contributed by atoms with Crippen LogP contribution in [0, 0.1) is 18.3 Å². The second kappa shape index (κ2) is 14.9.